The van der Waals surface area contributed by atoms with E-state index in [1.165, 1.54) is 88.3 Å². The van der Waals surface area contributed by atoms with Gasteiger partial charge in [-0.3, -0.25) is 0 Å². The van der Waals surface area contributed by atoms with Crippen LogP contribution in [-0.4, -0.2) is 0 Å². The van der Waals surface area contributed by atoms with Crippen molar-refractivity contribution < 1.29 is 0 Å². The van der Waals surface area contributed by atoms with Crippen LogP contribution in [0.15, 0.2) is 285 Å². The number of hydrogen-bond acceptors (Lipinski definition) is 1. The molecule has 0 bridgehead atoms. The summed E-state index contributed by atoms with van der Waals surface area (Å²) in [5, 5.41) is 4.98. The second-order valence-electron chi connectivity index (χ2n) is 18.4. The van der Waals surface area contributed by atoms with Gasteiger partial charge in [-0.25, -0.2) is 0 Å². The molecule has 70 heavy (non-hydrogen) atoms. The zero-order chi connectivity index (χ0) is 46.4. The van der Waals surface area contributed by atoms with E-state index in [0.29, 0.717) is 0 Å². The SMILES string of the molecule is c1ccc(-c2ccc(-c3ccc(N(c4ccc(-c5ccccc5)cc4)c4cc5c(cc4-c4ccc6c(ccc7ccccc76)c4)-c4ccccc4C5(c4ccccc4)c4ccccc4)cc3)cc2)cc1. The van der Waals surface area contributed by atoms with Gasteiger partial charge in [0.2, 0.25) is 0 Å². The summed E-state index contributed by atoms with van der Waals surface area (Å²) in [6.07, 6.45) is 0. The van der Waals surface area contributed by atoms with Gasteiger partial charge in [-0.2, -0.15) is 0 Å². The van der Waals surface area contributed by atoms with Crippen molar-refractivity contribution in [1.82, 2.24) is 0 Å². The molecule has 0 unspecified atom stereocenters. The number of fused-ring (bicyclic) bond motifs is 6. The lowest BCUT2D eigenvalue weighted by Gasteiger charge is -2.35. The van der Waals surface area contributed by atoms with Crippen molar-refractivity contribution in [2.24, 2.45) is 0 Å². The molecule has 0 saturated carbocycles. The maximum atomic E-state index is 2.52. The molecule has 0 N–H and O–H groups in total. The third-order valence-electron chi connectivity index (χ3n) is 14.6. The number of nitrogens with zero attached hydrogens (tertiary/aromatic N) is 1. The van der Waals surface area contributed by atoms with Crippen LogP contribution in [0.1, 0.15) is 22.3 Å². The van der Waals surface area contributed by atoms with E-state index in [2.05, 4.69) is 290 Å². The molecule has 1 nitrogen and oxygen atoms in total. The summed E-state index contributed by atoms with van der Waals surface area (Å²) < 4.78 is 0. The monoisotopic (exact) mass is 889 g/mol. The van der Waals surface area contributed by atoms with Gasteiger partial charge in [-0.05, 0) is 136 Å². The molecule has 12 aromatic carbocycles. The average molecular weight is 890 g/mol. The Labute approximate surface area is 409 Å². The lowest BCUT2D eigenvalue weighted by molar-refractivity contribution is 0.768. The molecule has 1 heteroatoms. The molecule has 0 spiro atoms. The van der Waals surface area contributed by atoms with Crippen molar-refractivity contribution in [3.8, 4) is 55.6 Å². The van der Waals surface area contributed by atoms with Crippen molar-refractivity contribution >= 4 is 38.6 Å². The smallest absolute Gasteiger partial charge is 0.0714 e. The standard InChI is InChI=1S/C69H47N/c1-5-17-48(18-6-1)50-29-31-51(32-30-50)53-37-42-60(43-38-53)70(59-40-35-52(36-41-59)49-19-7-2-8-20-49)68-47-67-65(46-64(68)56-39-44-62-55(45-56)34-33-54-21-13-14-26-61(54)62)63-27-15-16-28-66(63)69(67,57-22-9-3-10-23-57)58-24-11-4-12-25-58/h1-47H. The van der Waals surface area contributed by atoms with Crippen molar-refractivity contribution in [3.63, 3.8) is 0 Å². The Hall–Kier alpha value is -9.04. The van der Waals surface area contributed by atoms with Gasteiger partial charge in [0.05, 0.1) is 11.1 Å². The van der Waals surface area contributed by atoms with E-state index in [-0.39, 0.29) is 0 Å². The second-order valence-corrected chi connectivity index (χ2v) is 18.4. The van der Waals surface area contributed by atoms with E-state index in [1.807, 2.05) is 0 Å². The van der Waals surface area contributed by atoms with Gasteiger partial charge in [0.25, 0.3) is 0 Å². The molecule has 1 aliphatic carbocycles. The van der Waals surface area contributed by atoms with E-state index in [1.54, 1.807) is 0 Å². The summed E-state index contributed by atoms with van der Waals surface area (Å²) in [6, 6.07) is 105. The van der Waals surface area contributed by atoms with E-state index in [9.17, 15) is 0 Å². The Bertz CT molecular complexity index is 3780. The summed E-state index contributed by atoms with van der Waals surface area (Å²) in [7, 11) is 0. The van der Waals surface area contributed by atoms with Crippen molar-refractivity contribution in [2.75, 3.05) is 4.90 Å². The molecule has 0 amide bonds. The van der Waals surface area contributed by atoms with Crippen molar-refractivity contribution in [2.45, 2.75) is 5.41 Å². The molecule has 0 saturated heterocycles. The molecule has 0 heterocycles. The Morgan fingerprint density at radius 2 is 0.671 bits per heavy atom. The van der Waals surface area contributed by atoms with Crippen molar-refractivity contribution in [1.29, 1.82) is 0 Å². The maximum Gasteiger partial charge on any atom is 0.0714 e. The minimum absolute atomic E-state index is 0.581. The first kappa shape index (κ1) is 41.2. The van der Waals surface area contributed by atoms with Crippen LogP contribution in [0.4, 0.5) is 17.1 Å². The molecule has 12 aromatic rings. The van der Waals surface area contributed by atoms with Crippen LogP contribution in [0.5, 0.6) is 0 Å². The van der Waals surface area contributed by atoms with E-state index >= 15 is 0 Å². The molecular weight excluding hydrogens is 843 g/mol. The van der Waals surface area contributed by atoms with Crippen LogP contribution < -0.4 is 4.90 Å². The second kappa shape index (κ2) is 17.2. The molecule has 0 atom stereocenters. The number of rotatable bonds is 9. The summed E-state index contributed by atoms with van der Waals surface area (Å²) >= 11 is 0. The Kier molecular flexibility index (Phi) is 10.1. The van der Waals surface area contributed by atoms with Crippen LogP contribution in [0.2, 0.25) is 0 Å². The van der Waals surface area contributed by atoms with E-state index in [4.69, 9.17) is 0 Å². The van der Waals surface area contributed by atoms with Gasteiger partial charge in [0.1, 0.15) is 0 Å². The molecule has 13 rings (SSSR count). The highest BCUT2D eigenvalue weighted by Gasteiger charge is 2.47. The van der Waals surface area contributed by atoms with E-state index in [0.717, 1.165) is 28.2 Å². The predicted molar refractivity (Wildman–Crippen MR) is 295 cm³/mol. The van der Waals surface area contributed by atoms with Crippen LogP contribution in [0.3, 0.4) is 0 Å². The lowest BCUT2D eigenvalue weighted by Crippen LogP contribution is -2.28. The van der Waals surface area contributed by atoms with Gasteiger partial charge in [-0.1, -0.05) is 243 Å². The zero-order valence-corrected chi connectivity index (χ0v) is 38.6. The minimum atomic E-state index is -0.581. The molecule has 0 aromatic heterocycles. The number of benzene rings is 12. The highest BCUT2D eigenvalue weighted by molar-refractivity contribution is 6.09. The summed E-state index contributed by atoms with van der Waals surface area (Å²) in [5.74, 6) is 0. The summed E-state index contributed by atoms with van der Waals surface area (Å²) in [4.78, 5) is 2.49. The molecule has 0 radical (unpaired) electrons. The Balaban J connectivity index is 1.07. The van der Waals surface area contributed by atoms with E-state index < -0.39 is 5.41 Å². The third kappa shape index (κ3) is 6.94. The largest absolute Gasteiger partial charge is 0.310 e. The number of hydrogen-bond donors (Lipinski definition) is 0. The van der Waals surface area contributed by atoms with Crippen molar-refractivity contribution in [3.05, 3.63) is 307 Å². The fourth-order valence-electron chi connectivity index (χ4n) is 11.2. The third-order valence-corrected chi connectivity index (χ3v) is 14.6. The van der Waals surface area contributed by atoms with Crippen LogP contribution in [0.25, 0.3) is 77.2 Å². The van der Waals surface area contributed by atoms with Crippen LogP contribution >= 0.6 is 0 Å². The quantitative estimate of drug-likeness (QED) is 0.131. The van der Waals surface area contributed by atoms with Crippen LogP contribution in [0, 0.1) is 0 Å². The zero-order valence-electron chi connectivity index (χ0n) is 38.6. The Morgan fingerprint density at radius 1 is 0.243 bits per heavy atom. The first-order valence-corrected chi connectivity index (χ1v) is 24.2. The molecule has 0 fully saturated rings. The minimum Gasteiger partial charge on any atom is -0.310 e. The highest BCUT2D eigenvalue weighted by Crippen LogP contribution is 2.59. The average Bonchev–Trinajstić information content (AvgIpc) is 3.74. The number of anilines is 3. The normalized spacial score (nSPS) is 12.4. The molecule has 0 aliphatic heterocycles. The Morgan fingerprint density at radius 3 is 1.24 bits per heavy atom. The van der Waals surface area contributed by atoms with Gasteiger partial charge >= 0.3 is 0 Å². The fourth-order valence-corrected chi connectivity index (χ4v) is 11.2. The van der Waals surface area contributed by atoms with Gasteiger partial charge in [0, 0.05) is 16.9 Å². The van der Waals surface area contributed by atoms with Gasteiger partial charge < -0.3 is 4.90 Å². The molecule has 1 aliphatic rings. The molecule has 328 valence electrons. The fraction of sp³-hybridized carbons (Fsp3) is 0.0145. The highest BCUT2D eigenvalue weighted by atomic mass is 15.1. The maximum absolute atomic E-state index is 2.52. The topological polar surface area (TPSA) is 3.24 Å². The summed E-state index contributed by atoms with van der Waals surface area (Å²) in [6.45, 7) is 0. The van der Waals surface area contributed by atoms with Crippen LogP contribution in [-0.2, 0) is 5.41 Å². The van der Waals surface area contributed by atoms with Gasteiger partial charge in [0.15, 0.2) is 0 Å². The predicted octanol–water partition coefficient (Wildman–Crippen LogP) is 18.5. The van der Waals surface area contributed by atoms with Gasteiger partial charge in [-0.15, -0.1) is 0 Å². The first-order valence-electron chi connectivity index (χ1n) is 24.2. The first-order chi connectivity index (χ1) is 34.7. The summed E-state index contributed by atoms with van der Waals surface area (Å²) in [5.41, 5.74) is 19.7. The lowest BCUT2D eigenvalue weighted by atomic mass is 9.67. The molecular formula is C69H47N.